The topological polar surface area (TPSA) is 96.4 Å². The fourth-order valence-corrected chi connectivity index (χ4v) is 2.55. The molecule has 0 spiro atoms. The number of fused-ring (bicyclic) bond motifs is 1. The van der Waals surface area contributed by atoms with E-state index >= 15 is 0 Å². The number of nitrogens with zero attached hydrogens (tertiary/aromatic N) is 3. The molecule has 2 heterocycles. The summed E-state index contributed by atoms with van der Waals surface area (Å²) in [6.45, 7) is 3.45. The highest BCUT2D eigenvalue weighted by molar-refractivity contribution is 5.94. The molecule has 0 aromatic carbocycles. The van der Waals surface area contributed by atoms with Gasteiger partial charge in [0, 0.05) is 50.9 Å². The van der Waals surface area contributed by atoms with Crippen LogP contribution in [0.3, 0.4) is 0 Å². The zero-order valence-electron chi connectivity index (χ0n) is 11.9. The summed E-state index contributed by atoms with van der Waals surface area (Å²) in [5.41, 5.74) is 8.02. The number of aromatic nitrogens is 2. The van der Waals surface area contributed by atoms with Crippen molar-refractivity contribution in [2.75, 3.05) is 32.8 Å². The van der Waals surface area contributed by atoms with Gasteiger partial charge in [-0.3, -0.25) is 14.4 Å². The van der Waals surface area contributed by atoms with Gasteiger partial charge in [-0.2, -0.15) is 5.10 Å². The Morgan fingerprint density at radius 1 is 1.55 bits per heavy atom. The van der Waals surface area contributed by atoms with Crippen LogP contribution in [0, 0.1) is 0 Å². The molecule has 1 aliphatic heterocycles. The number of amides is 1. The molecular formula is C13H23N5O2. The standard InChI is InChI=1S/C13H23N5O2/c1-17-11-3-6-18(7-8-19)9-10(11)12(16-17)13(20)15-5-2-4-14/h19H,2-9,14H2,1H3,(H,15,20). The van der Waals surface area contributed by atoms with E-state index in [1.807, 2.05) is 7.05 Å². The Kier molecular flexibility index (Phi) is 5.11. The summed E-state index contributed by atoms with van der Waals surface area (Å²) in [7, 11) is 1.87. The maximum absolute atomic E-state index is 12.2. The lowest BCUT2D eigenvalue weighted by Gasteiger charge is -2.26. The molecule has 7 heteroatoms. The van der Waals surface area contributed by atoms with Crippen molar-refractivity contribution < 1.29 is 9.90 Å². The van der Waals surface area contributed by atoms with E-state index in [2.05, 4.69) is 15.3 Å². The van der Waals surface area contributed by atoms with Crippen LogP contribution in [0.25, 0.3) is 0 Å². The van der Waals surface area contributed by atoms with Crippen LogP contribution in [0.2, 0.25) is 0 Å². The molecule has 1 aliphatic rings. The number of aryl methyl sites for hydroxylation is 1. The van der Waals surface area contributed by atoms with Gasteiger partial charge in [-0.1, -0.05) is 0 Å². The van der Waals surface area contributed by atoms with Gasteiger partial charge in [-0.15, -0.1) is 0 Å². The summed E-state index contributed by atoms with van der Waals surface area (Å²) in [4.78, 5) is 14.3. The average molecular weight is 281 g/mol. The van der Waals surface area contributed by atoms with Crippen LogP contribution in [0.5, 0.6) is 0 Å². The Morgan fingerprint density at radius 2 is 2.35 bits per heavy atom. The van der Waals surface area contributed by atoms with E-state index in [-0.39, 0.29) is 12.5 Å². The third-order valence-corrected chi connectivity index (χ3v) is 3.62. The molecule has 0 radical (unpaired) electrons. The third kappa shape index (κ3) is 3.17. The van der Waals surface area contributed by atoms with Crippen molar-refractivity contribution in [3.8, 4) is 0 Å². The van der Waals surface area contributed by atoms with Crippen LogP contribution in [0.4, 0.5) is 0 Å². The minimum atomic E-state index is -0.138. The summed E-state index contributed by atoms with van der Waals surface area (Å²) in [6.07, 6.45) is 1.62. The maximum atomic E-state index is 12.2. The van der Waals surface area contributed by atoms with Crippen molar-refractivity contribution in [2.45, 2.75) is 19.4 Å². The fourth-order valence-electron chi connectivity index (χ4n) is 2.55. The summed E-state index contributed by atoms with van der Waals surface area (Å²) in [5.74, 6) is -0.138. The molecule has 0 bridgehead atoms. The van der Waals surface area contributed by atoms with Gasteiger partial charge in [0.25, 0.3) is 5.91 Å². The van der Waals surface area contributed by atoms with Gasteiger partial charge in [-0.25, -0.2) is 0 Å². The lowest BCUT2D eigenvalue weighted by molar-refractivity contribution is 0.0945. The highest BCUT2D eigenvalue weighted by atomic mass is 16.3. The first kappa shape index (κ1) is 15.0. The molecule has 4 N–H and O–H groups in total. The number of carbonyl (C=O) groups is 1. The molecule has 7 nitrogen and oxygen atoms in total. The quantitative estimate of drug-likeness (QED) is 0.572. The van der Waals surface area contributed by atoms with Gasteiger partial charge in [0.15, 0.2) is 5.69 Å². The number of hydrogen-bond acceptors (Lipinski definition) is 5. The molecule has 0 saturated heterocycles. The first-order valence-corrected chi connectivity index (χ1v) is 7.03. The van der Waals surface area contributed by atoms with Crippen molar-refractivity contribution >= 4 is 5.91 Å². The van der Waals surface area contributed by atoms with Crippen molar-refractivity contribution in [3.63, 3.8) is 0 Å². The van der Waals surface area contributed by atoms with Gasteiger partial charge in [-0.05, 0) is 13.0 Å². The Balaban J connectivity index is 2.12. The summed E-state index contributed by atoms with van der Waals surface area (Å²) in [5, 5.41) is 16.2. The number of hydrogen-bond donors (Lipinski definition) is 3. The molecular weight excluding hydrogens is 258 g/mol. The highest BCUT2D eigenvalue weighted by Crippen LogP contribution is 2.21. The fraction of sp³-hybridized carbons (Fsp3) is 0.692. The molecule has 0 fully saturated rings. The number of aliphatic hydroxyl groups is 1. The molecule has 1 amide bonds. The van der Waals surface area contributed by atoms with E-state index in [9.17, 15) is 4.79 Å². The molecule has 0 atom stereocenters. The van der Waals surface area contributed by atoms with Crippen molar-refractivity contribution in [2.24, 2.45) is 12.8 Å². The van der Waals surface area contributed by atoms with Crippen LogP contribution in [-0.2, 0) is 20.0 Å². The predicted molar refractivity (Wildman–Crippen MR) is 75.3 cm³/mol. The number of β-amino-alcohol motifs (C(OH)–C–C–N with tert-alkyl or cyclic N) is 1. The molecule has 20 heavy (non-hydrogen) atoms. The number of rotatable bonds is 6. The Morgan fingerprint density at radius 3 is 3.05 bits per heavy atom. The largest absolute Gasteiger partial charge is 0.395 e. The van der Waals surface area contributed by atoms with Crippen LogP contribution in [-0.4, -0.2) is 58.5 Å². The van der Waals surface area contributed by atoms with E-state index in [4.69, 9.17) is 10.8 Å². The molecule has 1 aromatic rings. The smallest absolute Gasteiger partial charge is 0.272 e. The van der Waals surface area contributed by atoms with Crippen LogP contribution < -0.4 is 11.1 Å². The van der Waals surface area contributed by atoms with E-state index in [0.717, 1.165) is 30.6 Å². The van der Waals surface area contributed by atoms with E-state index < -0.39 is 0 Å². The second kappa shape index (κ2) is 6.83. The normalized spacial score (nSPS) is 15.2. The number of nitrogens with two attached hydrogens (primary N) is 1. The lowest BCUT2D eigenvalue weighted by Crippen LogP contribution is -2.34. The zero-order chi connectivity index (χ0) is 14.5. The summed E-state index contributed by atoms with van der Waals surface area (Å²) < 4.78 is 1.80. The van der Waals surface area contributed by atoms with Crippen LogP contribution in [0.1, 0.15) is 28.2 Å². The Labute approximate surface area is 118 Å². The first-order chi connectivity index (χ1) is 9.67. The summed E-state index contributed by atoms with van der Waals surface area (Å²) in [6, 6.07) is 0. The number of carbonyl (C=O) groups excluding carboxylic acids is 1. The van der Waals surface area contributed by atoms with E-state index in [1.165, 1.54) is 0 Å². The minimum Gasteiger partial charge on any atom is -0.395 e. The highest BCUT2D eigenvalue weighted by Gasteiger charge is 2.26. The molecule has 2 rings (SSSR count). The Hall–Kier alpha value is -1.44. The van der Waals surface area contributed by atoms with Crippen molar-refractivity contribution in [3.05, 3.63) is 17.0 Å². The second-order valence-corrected chi connectivity index (χ2v) is 5.05. The minimum absolute atomic E-state index is 0.133. The number of nitrogens with one attached hydrogen (secondary N) is 1. The van der Waals surface area contributed by atoms with Gasteiger partial charge in [0.1, 0.15) is 0 Å². The molecule has 112 valence electrons. The third-order valence-electron chi connectivity index (χ3n) is 3.62. The monoisotopic (exact) mass is 281 g/mol. The predicted octanol–water partition coefficient (Wildman–Crippen LogP) is -1.15. The van der Waals surface area contributed by atoms with Gasteiger partial charge >= 0.3 is 0 Å². The van der Waals surface area contributed by atoms with Gasteiger partial charge < -0.3 is 16.2 Å². The second-order valence-electron chi connectivity index (χ2n) is 5.05. The maximum Gasteiger partial charge on any atom is 0.272 e. The molecule has 0 aliphatic carbocycles. The Bertz CT molecular complexity index is 472. The molecule has 1 aromatic heterocycles. The van der Waals surface area contributed by atoms with Gasteiger partial charge in [0.05, 0.1) is 6.61 Å². The average Bonchev–Trinajstić information content (AvgIpc) is 2.76. The molecule has 0 unspecified atom stereocenters. The number of aliphatic hydroxyl groups excluding tert-OH is 1. The molecule has 0 saturated carbocycles. The van der Waals surface area contributed by atoms with Crippen molar-refractivity contribution in [1.82, 2.24) is 20.0 Å². The SMILES string of the molecule is Cn1nc(C(=O)NCCCN)c2c1CCN(CCO)C2. The zero-order valence-corrected chi connectivity index (χ0v) is 11.9. The van der Waals surface area contributed by atoms with Gasteiger partial charge in [0.2, 0.25) is 0 Å². The lowest BCUT2D eigenvalue weighted by atomic mass is 10.0. The van der Waals surface area contributed by atoms with Crippen molar-refractivity contribution in [1.29, 1.82) is 0 Å². The summed E-state index contributed by atoms with van der Waals surface area (Å²) >= 11 is 0. The first-order valence-electron chi connectivity index (χ1n) is 7.03. The van der Waals surface area contributed by atoms with E-state index in [0.29, 0.717) is 31.9 Å². The van der Waals surface area contributed by atoms with Crippen LogP contribution >= 0.6 is 0 Å². The van der Waals surface area contributed by atoms with Crippen LogP contribution in [0.15, 0.2) is 0 Å². The van der Waals surface area contributed by atoms with E-state index in [1.54, 1.807) is 4.68 Å².